The first-order valence-electron chi connectivity index (χ1n) is 13.4. The predicted octanol–water partition coefficient (Wildman–Crippen LogP) is 5.76. The largest absolute Gasteiger partial charge is 0.493 e. The minimum atomic E-state index is -0.681. The first kappa shape index (κ1) is 28.3. The topological polar surface area (TPSA) is 92.3 Å². The number of methoxy groups -OCH3 is 3. The fraction of sp³-hybridized carbons (Fsp3) is 0.312. The SMILES string of the molecule is COc1cc([C@H]2C(C(=O)OCCOc3ccccc3)=C(C)NC3=C2C(=O)C[C@H](c2cccs2)C3)cc(OC)c1OC. The Morgan fingerprint density at radius 2 is 1.68 bits per heavy atom. The maximum Gasteiger partial charge on any atom is 0.336 e. The highest BCUT2D eigenvalue weighted by Gasteiger charge is 2.42. The van der Waals surface area contributed by atoms with Crippen molar-refractivity contribution in [3.8, 4) is 23.0 Å². The number of Topliss-reactive ketones (excluding diaryl/α,β-unsaturated/α-hetero) is 1. The Balaban J connectivity index is 1.50. The molecule has 0 spiro atoms. The van der Waals surface area contributed by atoms with Gasteiger partial charge < -0.3 is 29.0 Å². The van der Waals surface area contributed by atoms with Gasteiger partial charge in [-0.15, -0.1) is 11.3 Å². The molecule has 0 saturated heterocycles. The van der Waals surface area contributed by atoms with Gasteiger partial charge in [-0.3, -0.25) is 4.79 Å². The number of hydrogen-bond acceptors (Lipinski definition) is 9. The summed E-state index contributed by atoms with van der Waals surface area (Å²) >= 11 is 1.65. The molecule has 214 valence electrons. The Labute approximate surface area is 243 Å². The van der Waals surface area contributed by atoms with E-state index in [1.54, 1.807) is 23.5 Å². The molecule has 0 amide bonds. The summed E-state index contributed by atoms with van der Waals surface area (Å²) < 4.78 is 28.1. The van der Waals surface area contributed by atoms with Crippen molar-refractivity contribution in [3.05, 3.63) is 93.0 Å². The minimum Gasteiger partial charge on any atom is -0.493 e. The van der Waals surface area contributed by atoms with E-state index in [4.69, 9.17) is 23.7 Å². The van der Waals surface area contributed by atoms with Crippen LogP contribution in [0.5, 0.6) is 23.0 Å². The van der Waals surface area contributed by atoms with Crippen LogP contribution in [0, 0.1) is 0 Å². The van der Waals surface area contributed by atoms with E-state index in [1.165, 1.54) is 26.2 Å². The monoisotopic (exact) mass is 575 g/mol. The molecular formula is C32H33NO7S. The Kier molecular flexibility index (Phi) is 8.64. The molecule has 0 saturated carbocycles. The van der Waals surface area contributed by atoms with Crippen LogP contribution in [0.15, 0.2) is 82.5 Å². The molecule has 5 rings (SSSR count). The van der Waals surface area contributed by atoms with E-state index < -0.39 is 11.9 Å². The Morgan fingerprint density at radius 1 is 0.951 bits per heavy atom. The van der Waals surface area contributed by atoms with E-state index >= 15 is 0 Å². The van der Waals surface area contributed by atoms with Crippen LogP contribution in [0.3, 0.4) is 0 Å². The molecule has 2 atom stereocenters. The highest BCUT2D eigenvalue weighted by atomic mass is 32.1. The third kappa shape index (κ3) is 5.81. The molecular weight excluding hydrogens is 542 g/mol. The molecule has 2 heterocycles. The molecule has 0 fully saturated rings. The normalized spacial score (nSPS) is 18.4. The third-order valence-electron chi connectivity index (χ3n) is 7.34. The van der Waals surface area contributed by atoms with Gasteiger partial charge in [-0.05, 0) is 54.6 Å². The van der Waals surface area contributed by atoms with Crippen LogP contribution in [0.4, 0.5) is 0 Å². The molecule has 1 aromatic heterocycles. The van der Waals surface area contributed by atoms with Crippen molar-refractivity contribution in [2.24, 2.45) is 0 Å². The summed E-state index contributed by atoms with van der Waals surface area (Å²) in [6.07, 6.45) is 1.02. The summed E-state index contributed by atoms with van der Waals surface area (Å²) in [6, 6.07) is 17.0. The standard InChI is InChI=1S/C32H33NO7S/c1-19-28(32(35)40-13-12-39-22-9-6-5-7-10-22)29(21-17-25(36-2)31(38-4)26(18-21)37-3)30-23(33-19)15-20(16-24(30)34)27-11-8-14-41-27/h5-11,14,17-18,20,29,33H,12-13,15-16H2,1-4H3/t20-,29+/m1/s1. The lowest BCUT2D eigenvalue weighted by molar-refractivity contribution is -0.140. The van der Waals surface area contributed by atoms with E-state index in [9.17, 15) is 9.59 Å². The molecule has 9 heteroatoms. The van der Waals surface area contributed by atoms with Gasteiger partial charge in [-0.2, -0.15) is 0 Å². The summed E-state index contributed by atoms with van der Waals surface area (Å²) in [5, 5.41) is 5.42. The second-order valence-corrected chi connectivity index (χ2v) is 10.8. The van der Waals surface area contributed by atoms with Crippen LogP contribution >= 0.6 is 11.3 Å². The lowest BCUT2D eigenvalue weighted by Gasteiger charge is -2.36. The third-order valence-corrected chi connectivity index (χ3v) is 8.38. The number of benzene rings is 2. The van der Waals surface area contributed by atoms with Gasteiger partial charge in [0, 0.05) is 40.1 Å². The summed E-state index contributed by atoms with van der Waals surface area (Å²) in [5.74, 6) is 0.845. The van der Waals surface area contributed by atoms with Gasteiger partial charge in [0.2, 0.25) is 5.75 Å². The first-order chi connectivity index (χ1) is 19.9. The Morgan fingerprint density at radius 3 is 2.32 bits per heavy atom. The van der Waals surface area contributed by atoms with Crippen molar-refractivity contribution in [3.63, 3.8) is 0 Å². The van der Waals surface area contributed by atoms with Crippen LogP contribution in [-0.2, 0) is 14.3 Å². The number of allylic oxidation sites excluding steroid dienone is 3. The molecule has 41 heavy (non-hydrogen) atoms. The van der Waals surface area contributed by atoms with Crippen LogP contribution < -0.4 is 24.3 Å². The number of ether oxygens (including phenoxy) is 5. The van der Waals surface area contributed by atoms with E-state index in [0.29, 0.717) is 58.2 Å². The first-order valence-corrected chi connectivity index (χ1v) is 14.2. The Hall–Kier alpha value is -4.24. The van der Waals surface area contributed by atoms with Crippen LogP contribution in [0.25, 0.3) is 0 Å². The van der Waals surface area contributed by atoms with Gasteiger partial charge in [0.05, 0.1) is 26.9 Å². The molecule has 0 unspecified atom stereocenters. The maximum absolute atomic E-state index is 13.9. The number of hydrogen-bond donors (Lipinski definition) is 1. The quantitative estimate of drug-likeness (QED) is 0.241. The van der Waals surface area contributed by atoms with Crippen molar-refractivity contribution in [2.45, 2.75) is 31.6 Å². The summed E-state index contributed by atoms with van der Waals surface area (Å²) in [4.78, 5) is 28.7. The highest BCUT2D eigenvalue weighted by Crippen LogP contribution is 2.49. The fourth-order valence-electron chi connectivity index (χ4n) is 5.52. The molecule has 2 aliphatic rings. The predicted molar refractivity (Wildman–Crippen MR) is 156 cm³/mol. The lowest BCUT2D eigenvalue weighted by atomic mass is 9.72. The molecule has 1 N–H and O–H groups in total. The van der Waals surface area contributed by atoms with E-state index in [-0.39, 0.29) is 24.9 Å². The lowest BCUT2D eigenvalue weighted by Crippen LogP contribution is -2.36. The molecule has 0 radical (unpaired) electrons. The van der Waals surface area contributed by atoms with Crippen molar-refractivity contribution in [2.75, 3.05) is 34.5 Å². The maximum atomic E-state index is 13.9. The number of carbonyl (C=O) groups excluding carboxylic acids is 2. The molecule has 0 bridgehead atoms. The summed E-state index contributed by atoms with van der Waals surface area (Å²) in [6.45, 7) is 2.08. The molecule has 8 nitrogen and oxygen atoms in total. The molecule has 1 aliphatic heterocycles. The fourth-order valence-corrected chi connectivity index (χ4v) is 6.35. The zero-order valence-corrected chi connectivity index (χ0v) is 24.3. The Bertz CT molecular complexity index is 1450. The van der Waals surface area contributed by atoms with Gasteiger partial charge in [0.25, 0.3) is 0 Å². The van der Waals surface area contributed by atoms with Gasteiger partial charge in [0.15, 0.2) is 17.3 Å². The average Bonchev–Trinajstić information content (AvgIpc) is 3.53. The van der Waals surface area contributed by atoms with Crippen LogP contribution in [0.2, 0.25) is 0 Å². The number of para-hydroxylation sites is 1. The van der Waals surface area contributed by atoms with Gasteiger partial charge in [-0.1, -0.05) is 24.3 Å². The smallest absolute Gasteiger partial charge is 0.336 e. The van der Waals surface area contributed by atoms with Crippen LogP contribution in [0.1, 0.15) is 42.0 Å². The molecule has 2 aromatic carbocycles. The van der Waals surface area contributed by atoms with Crippen molar-refractivity contribution < 1.29 is 33.3 Å². The number of ketones is 1. The van der Waals surface area contributed by atoms with E-state index in [0.717, 1.165) is 5.70 Å². The van der Waals surface area contributed by atoms with Crippen molar-refractivity contribution in [1.29, 1.82) is 0 Å². The van der Waals surface area contributed by atoms with Crippen molar-refractivity contribution in [1.82, 2.24) is 5.32 Å². The second-order valence-electron chi connectivity index (χ2n) is 9.79. The number of rotatable bonds is 10. The number of esters is 1. The summed E-state index contributed by atoms with van der Waals surface area (Å²) in [7, 11) is 4.61. The molecule has 1 aliphatic carbocycles. The second kappa shape index (κ2) is 12.5. The zero-order chi connectivity index (χ0) is 28.9. The molecule has 3 aromatic rings. The minimum absolute atomic E-state index is 0.0129. The number of nitrogens with one attached hydrogen (secondary N) is 1. The number of carbonyl (C=O) groups is 2. The number of dihydropyridines is 1. The van der Waals surface area contributed by atoms with Crippen molar-refractivity contribution >= 4 is 23.1 Å². The van der Waals surface area contributed by atoms with Gasteiger partial charge in [-0.25, -0.2) is 4.79 Å². The van der Waals surface area contributed by atoms with Crippen LogP contribution in [-0.4, -0.2) is 46.3 Å². The zero-order valence-electron chi connectivity index (χ0n) is 23.5. The highest BCUT2D eigenvalue weighted by molar-refractivity contribution is 7.10. The van der Waals surface area contributed by atoms with Gasteiger partial charge >= 0.3 is 5.97 Å². The van der Waals surface area contributed by atoms with E-state index in [1.807, 2.05) is 48.7 Å². The average molecular weight is 576 g/mol. The van der Waals surface area contributed by atoms with Gasteiger partial charge in [0.1, 0.15) is 19.0 Å². The number of thiophene rings is 1. The van der Waals surface area contributed by atoms with E-state index in [2.05, 4.69) is 11.4 Å². The summed E-state index contributed by atoms with van der Waals surface area (Å²) in [5.41, 5.74) is 3.05.